The van der Waals surface area contributed by atoms with Gasteiger partial charge in [-0.3, -0.25) is 12.9 Å². The maximum absolute atomic E-state index is 12.7. The Labute approximate surface area is 174 Å². The maximum Gasteiger partial charge on any atom is 0.751 e. The summed E-state index contributed by atoms with van der Waals surface area (Å²) in [5, 5.41) is 50.5. The van der Waals surface area contributed by atoms with E-state index in [1.807, 2.05) is 13.0 Å². The molecular weight excluding hydrogens is 415 g/mol. The van der Waals surface area contributed by atoms with Crippen molar-refractivity contribution in [1.29, 1.82) is 0 Å². The van der Waals surface area contributed by atoms with Crippen LogP contribution in [-0.2, 0) is 25.7 Å². The Morgan fingerprint density at radius 1 is 0.633 bits per heavy atom. The fourth-order valence-corrected chi connectivity index (χ4v) is 2.64. The van der Waals surface area contributed by atoms with Gasteiger partial charge in [-0.15, -0.1) is 0 Å². The zero-order chi connectivity index (χ0) is 24.4. The highest BCUT2D eigenvalue weighted by Gasteiger charge is 2.20. The molecule has 0 amide bonds. The SMILES string of the molecule is CCc1cc(OB(O)F)c(CC)c(CC)c1CC.OB(O)F.OB(O)F.OB(O)F. The molecule has 1 aromatic rings. The van der Waals surface area contributed by atoms with Crippen molar-refractivity contribution in [3.63, 3.8) is 0 Å². The molecule has 0 aliphatic carbocycles. The molecule has 1 rings (SSSR count). The molecular formula is C14H28B4F4O8. The standard InChI is InChI=1S/C14H22BFO2.3BFH2O2/c1-5-10-9-14(18-15(16)17)13(8-4)12(7-3)11(10)6-2;3*2-1(3)4/h9,17H,5-8H2,1-4H3;3*3-4H. The second-order valence-electron chi connectivity index (χ2n) is 5.23. The van der Waals surface area contributed by atoms with E-state index in [2.05, 4.69) is 20.8 Å². The van der Waals surface area contributed by atoms with Crippen LogP contribution in [0.15, 0.2) is 6.07 Å². The van der Waals surface area contributed by atoms with Gasteiger partial charge in [-0.2, -0.15) is 0 Å². The number of rotatable bonds is 6. The van der Waals surface area contributed by atoms with Crippen molar-refractivity contribution in [2.45, 2.75) is 53.4 Å². The van der Waals surface area contributed by atoms with Crippen molar-refractivity contribution in [1.82, 2.24) is 0 Å². The normalized spacial score (nSPS) is 9.03. The smallest absolute Gasteiger partial charge is 0.508 e. The van der Waals surface area contributed by atoms with E-state index in [1.54, 1.807) is 0 Å². The largest absolute Gasteiger partial charge is 0.751 e. The second kappa shape index (κ2) is 19.7. The number of hydrogen-bond donors (Lipinski definition) is 7. The van der Waals surface area contributed by atoms with E-state index in [0.717, 1.165) is 31.2 Å². The van der Waals surface area contributed by atoms with Crippen LogP contribution in [0.1, 0.15) is 49.9 Å². The molecule has 172 valence electrons. The number of hydrogen-bond acceptors (Lipinski definition) is 8. The average molecular weight is 444 g/mol. The molecule has 0 atom stereocenters. The Morgan fingerprint density at radius 3 is 1.20 bits per heavy atom. The summed E-state index contributed by atoms with van der Waals surface area (Å²) in [7, 11) is -10.3. The first-order valence-electron chi connectivity index (χ1n) is 8.94. The summed E-state index contributed by atoms with van der Waals surface area (Å²) >= 11 is 0. The summed E-state index contributed by atoms with van der Waals surface area (Å²) in [6, 6.07) is 1.87. The Morgan fingerprint density at radius 2 is 0.967 bits per heavy atom. The number of benzene rings is 1. The fourth-order valence-electron chi connectivity index (χ4n) is 2.64. The van der Waals surface area contributed by atoms with Gasteiger partial charge in [0.1, 0.15) is 5.75 Å². The average Bonchev–Trinajstić information content (AvgIpc) is 2.58. The third-order valence-electron chi connectivity index (χ3n) is 3.38. The van der Waals surface area contributed by atoms with E-state index in [9.17, 15) is 17.3 Å². The number of halogens is 4. The molecule has 0 saturated heterocycles. The van der Waals surface area contributed by atoms with Gasteiger partial charge in [-0.1, -0.05) is 27.7 Å². The first kappa shape index (κ1) is 33.4. The molecule has 16 heteroatoms. The monoisotopic (exact) mass is 444 g/mol. The van der Waals surface area contributed by atoms with E-state index < -0.39 is 29.6 Å². The van der Waals surface area contributed by atoms with Crippen LogP contribution >= 0.6 is 0 Å². The highest BCUT2D eigenvalue weighted by molar-refractivity contribution is 6.34. The fraction of sp³-hybridized carbons (Fsp3) is 0.571. The topological polar surface area (TPSA) is 151 Å². The summed E-state index contributed by atoms with van der Waals surface area (Å²) in [6.45, 7) is 8.34. The third kappa shape index (κ3) is 18.7. The van der Waals surface area contributed by atoms with Crippen molar-refractivity contribution in [3.05, 3.63) is 28.3 Å². The van der Waals surface area contributed by atoms with Gasteiger partial charge in [0.2, 0.25) is 0 Å². The molecule has 0 radical (unpaired) electrons. The van der Waals surface area contributed by atoms with Gasteiger partial charge in [0.25, 0.3) is 0 Å². The zero-order valence-corrected chi connectivity index (χ0v) is 17.3. The minimum absolute atomic E-state index is 0.485. The molecule has 0 unspecified atom stereocenters. The van der Waals surface area contributed by atoms with Crippen LogP contribution < -0.4 is 4.65 Å². The van der Waals surface area contributed by atoms with Crippen LogP contribution in [-0.4, -0.2) is 64.8 Å². The quantitative estimate of drug-likeness (QED) is 0.240. The minimum atomic E-state index is -2.67. The molecule has 0 heterocycles. The summed E-state index contributed by atoms with van der Waals surface area (Å²) in [5.74, 6) is 0.485. The lowest BCUT2D eigenvalue weighted by Gasteiger charge is -2.20. The Balaban J connectivity index is -0.000000498. The highest BCUT2D eigenvalue weighted by Crippen LogP contribution is 2.31. The molecule has 0 saturated carbocycles. The zero-order valence-electron chi connectivity index (χ0n) is 17.3. The van der Waals surface area contributed by atoms with Crippen molar-refractivity contribution >= 4 is 29.6 Å². The molecule has 0 spiro atoms. The van der Waals surface area contributed by atoms with E-state index in [-0.39, 0.29) is 0 Å². The van der Waals surface area contributed by atoms with E-state index in [1.165, 1.54) is 16.7 Å². The van der Waals surface area contributed by atoms with Gasteiger partial charge in [-0.05, 0) is 54.0 Å². The van der Waals surface area contributed by atoms with Crippen LogP contribution in [0, 0.1) is 0 Å². The van der Waals surface area contributed by atoms with Crippen molar-refractivity contribution in [2.75, 3.05) is 0 Å². The van der Waals surface area contributed by atoms with Gasteiger partial charge in [0.05, 0.1) is 0 Å². The summed E-state index contributed by atoms with van der Waals surface area (Å²) in [5.41, 5.74) is 4.79. The van der Waals surface area contributed by atoms with Gasteiger partial charge in [0, 0.05) is 0 Å². The van der Waals surface area contributed by atoms with Crippen LogP contribution in [0.3, 0.4) is 0 Å². The van der Waals surface area contributed by atoms with Gasteiger partial charge >= 0.3 is 29.6 Å². The summed E-state index contributed by atoms with van der Waals surface area (Å²) in [4.78, 5) is 0. The minimum Gasteiger partial charge on any atom is -0.508 e. The number of aryl methyl sites for hydroxylation is 1. The van der Waals surface area contributed by atoms with Crippen molar-refractivity contribution < 1.29 is 57.1 Å². The lowest BCUT2D eigenvalue weighted by atomic mass is 9.89. The Hall–Kier alpha value is -1.28. The first-order valence-corrected chi connectivity index (χ1v) is 8.94. The van der Waals surface area contributed by atoms with E-state index in [0.29, 0.717) is 5.75 Å². The van der Waals surface area contributed by atoms with Crippen LogP contribution in [0.2, 0.25) is 0 Å². The summed E-state index contributed by atoms with van der Waals surface area (Å²) in [6.07, 6.45) is 3.54. The molecule has 7 N–H and O–H groups in total. The Kier molecular flexibility index (Phi) is 21.9. The molecule has 30 heavy (non-hydrogen) atoms. The molecule has 0 aliphatic heterocycles. The molecule has 0 fully saturated rings. The van der Waals surface area contributed by atoms with Crippen molar-refractivity contribution in [2.24, 2.45) is 0 Å². The van der Waals surface area contributed by atoms with Crippen molar-refractivity contribution in [3.8, 4) is 5.75 Å². The lowest BCUT2D eigenvalue weighted by Crippen LogP contribution is -2.17. The molecule has 0 aliphatic rings. The van der Waals surface area contributed by atoms with E-state index in [4.69, 9.17) is 39.8 Å². The van der Waals surface area contributed by atoms with Gasteiger partial charge in [0.15, 0.2) is 0 Å². The first-order chi connectivity index (χ1) is 13.8. The molecule has 0 aromatic heterocycles. The maximum atomic E-state index is 12.7. The van der Waals surface area contributed by atoms with Gasteiger partial charge < -0.3 is 39.8 Å². The van der Waals surface area contributed by atoms with Crippen LogP contribution in [0.5, 0.6) is 5.75 Å². The Bertz CT molecular complexity index is 535. The molecule has 1 aromatic carbocycles. The lowest BCUT2D eigenvalue weighted by molar-refractivity contribution is 0.338. The van der Waals surface area contributed by atoms with Crippen LogP contribution in [0.25, 0.3) is 0 Å². The van der Waals surface area contributed by atoms with E-state index >= 15 is 0 Å². The summed E-state index contributed by atoms with van der Waals surface area (Å²) < 4.78 is 47.9. The molecule has 8 nitrogen and oxygen atoms in total. The molecule has 0 bridgehead atoms. The van der Waals surface area contributed by atoms with Crippen LogP contribution in [0.4, 0.5) is 17.3 Å². The highest BCUT2D eigenvalue weighted by atomic mass is 19.1. The predicted molar refractivity (Wildman–Crippen MR) is 108 cm³/mol. The third-order valence-corrected chi connectivity index (χ3v) is 3.38. The predicted octanol–water partition coefficient (Wildman–Crippen LogP) is 0.0379. The second-order valence-corrected chi connectivity index (χ2v) is 5.23. The van der Waals surface area contributed by atoms with Gasteiger partial charge in [-0.25, -0.2) is 4.32 Å².